The second-order valence-electron chi connectivity index (χ2n) is 16.5. The molecule has 2 aromatic rings. The molecule has 0 spiro atoms. The van der Waals surface area contributed by atoms with Crippen molar-refractivity contribution in [2.75, 3.05) is 13.1 Å². The van der Waals surface area contributed by atoms with Crippen LogP contribution in [0.25, 0.3) is 0 Å². The number of aromatic hydroxyl groups is 1. The first-order valence-corrected chi connectivity index (χ1v) is 21.3. The molecule has 2 heterocycles. The van der Waals surface area contributed by atoms with E-state index in [0.717, 1.165) is 5.56 Å². The SMILES string of the molecule is CC[C@H](C)[C@H](NC(=O)[C@@H]1CCCN1C(=O)[C@H](CCC(=O)O)NC(=O)[C@H](NC(=O)[C@H](Cc1ccccc1)NC(=O)[C@@H]1CCCN1C(=O)[C@H](N)Cc1ccc(O)cc1)C(C)C)C(=O)O. The number of phenols is 1. The molecule has 0 aromatic heterocycles. The zero-order chi connectivity index (χ0) is 45.7. The van der Waals surface area contributed by atoms with Gasteiger partial charge in [0.05, 0.1) is 6.04 Å². The summed E-state index contributed by atoms with van der Waals surface area (Å²) in [6.07, 6.45) is 1.29. The molecule has 0 saturated carbocycles. The Bertz CT molecular complexity index is 1910. The van der Waals surface area contributed by atoms with E-state index in [4.69, 9.17) is 5.73 Å². The van der Waals surface area contributed by atoms with E-state index in [-0.39, 0.29) is 44.5 Å². The van der Waals surface area contributed by atoms with Crippen LogP contribution in [0.4, 0.5) is 0 Å². The molecular formula is C44H61N7O11. The number of nitrogens with one attached hydrogen (secondary N) is 4. The van der Waals surface area contributed by atoms with E-state index in [1.807, 2.05) is 0 Å². The lowest BCUT2D eigenvalue weighted by molar-refractivity contribution is -0.146. The third-order valence-electron chi connectivity index (χ3n) is 11.6. The Morgan fingerprint density at radius 2 is 1.26 bits per heavy atom. The number of benzene rings is 2. The van der Waals surface area contributed by atoms with Gasteiger partial charge in [0, 0.05) is 25.9 Å². The third kappa shape index (κ3) is 13.2. The van der Waals surface area contributed by atoms with Crippen LogP contribution < -0.4 is 27.0 Å². The van der Waals surface area contributed by atoms with Crippen LogP contribution in [0.1, 0.15) is 83.8 Å². The van der Waals surface area contributed by atoms with Crippen molar-refractivity contribution in [2.45, 2.75) is 128 Å². The first-order chi connectivity index (χ1) is 29.4. The predicted molar refractivity (Wildman–Crippen MR) is 226 cm³/mol. The van der Waals surface area contributed by atoms with E-state index in [0.29, 0.717) is 31.2 Å². The van der Waals surface area contributed by atoms with E-state index in [1.165, 1.54) is 21.9 Å². The van der Waals surface area contributed by atoms with Crippen LogP contribution in [0.15, 0.2) is 54.6 Å². The zero-order valence-electron chi connectivity index (χ0n) is 35.7. The monoisotopic (exact) mass is 863 g/mol. The van der Waals surface area contributed by atoms with Crippen molar-refractivity contribution in [1.82, 2.24) is 31.1 Å². The smallest absolute Gasteiger partial charge is 0.326 e. The Morgan fingerprint density at radius 1 is 0.694 bits per heavy atom. The number of likely N-dealkylation sites (tertiary alicyclic amines) is 2. The fourth-order valence-corrected chi connectivity index (χ4v) is 7.83. The van der Waals surface area contributed by atoms with E-state index >= 15 is 0 Å². The van der Waals surface area contributed by atoms with Gasteiger partial charge < -0.3 is 52.1 Å². The Kier molecular flexibility index (Phi) is 17.8. The maximum atomic E-state index is 14.2. The van der Waals surface area contributed by atoms with E-state index in [9.17, 15) is 53.7 Å². The molecule has 4 rings (SSSR count). The molecular weight excluding hydrogens is 803 g/mol. The molecule has 2 saturated heterocycles. The van der Waals surface area contributed by atoms with Crippen LogP contribution in [-0.4, -0.2) is 128 Å². The molecule has 0 unspecified atom stereocenters. The van der Waals surface area contributed by atoms with Crippen molar-refractivity contribution in [3.8, 4) is 5.75 Å². The second-order valence-corrected chi connectivity index (χ2v) is 16.5. The Morgan fingerprint density at radius 3 is 1.81 bits per heavy atom. The van der Waals surface area contributed by atoms with Crippen molar-refractivity contribution in [3.05, 3.63) is 65.7 Å². The van der Waals surface area contributed by atoms with E-state index in [2.05, 4.69) is 21.3 Å². The van der Waals surface area contributed by atoms with Crippen molar-refractivity contribution in [3.63, 3.8) is 0 Å². The molecule has 338 valence electrons. The summed E-state index contributed by atoms with van der Waals surface area (Å²) in [5.41, 5.74) is 7.71. The van der Waals surface area contributed by atoms with Crippen LogP contribution in [0.3, 0.4) is 0 Å². The summed E-state index contributed by atoms with van der Waals surface area (Å²) in [5.74, 6) is -7.32. The number of carboxylic acids is 2. The number of aliphatic carboxylic acids is 2. The molecule has 2 fully saturated rings. The minimum absolute atomic E-state index is 0.0176. The largest absolute Gasteiger partial charge is 0.508 e. The maximum Gasteiger partial charge on any atom is 0.326 e. The van der Waals surface area contributed by atoms with Crippen molar-refractivity contribution in [1.29, 1.82) is 0 Å². The molecule has 18 heteroatoms. The molecule has 62 heavy (non-hydrogen) atoms. The van der Waals surface area contributed by atoms with Crippen LogP contribution in [0, 0.1) is 11.8 Å². The van der Waals surface area contributed by atoms with Gasteiger partial charge in [-0.2, -0.15) is 0 Å². The molecule has 2 aliphatic heterocycles. The van der Waals surface area contributed by atoms with E-state index < -0.39 is 108 Å². The van der Waals surface area contributed by atoms with Crippen LogP contribution in [0.2, 0.25) is 0 Å². The van der Waals surface area contributed by atoms with Gasteiger partial charge in [0.1, 0.15) is 42.0 Å². The summed E-state index contributed by atoms with van der Waals surface area (Å²) in [7, 11) is 0. The summed E-state index contributed by atoms with van der Waals surface area (Å²) in [4.78, 5) is 109. The van der Waals surface area contributed by atoms with Gasteiger partial charge in [0.15, 0.2) is 0 Å². The summed E-state index contributed by atoms with van der Waals surface area (Å²) >= 11 is 0. The van der Waals surface area contributed by atoms with Gasteiger partial charge in [-0.25, -0.2) is 4.79 Å². The topological polar surface area (TPSA) is 278 Å². The lowest BCUT2D eigenvalue weighted by Crippen LogP contribution is -2.61. The van der Waals surface area contributed by atoms with Crippen LogP contribution in [0.5, 0.6) is 5.75 Å². The predicted octanol–water partition coefficient (Wildman–Crippen LogP) is 1.08. The van der Waals surface area contributed by atoms with Gasteiger partial charge in [-0.15, -0.1) is 0 Å². The molecule has 2 aromatic carbocycles. The summed E-state index contributed by atoms with van der Waals surface area (Å²) in [6.45, 7) is 7.16. The first kappa shape index (κ1) is 48.6. The second kappa shape index (κ2) is 22.7. The number of amides is 6. The van der Waals surface area contributed by atoms with E-state index in [1.54, 1.807) is 70.2 Å². The minimum Gasteiger partial charge on any atom is -0.508 e. The van der Waals surface area contributed by atoms with Gasteiger partial charge in [-0.3, -0.25) is 33.6 Å². The number of nitrogens with two attached hydrogens (primary N) is 1. The molecule has 6 amide bonds. The fourth-order valence-electron chi connectivity index (χ4n) is 7.83. The fraction of sp³-hybridized carbons (Fsp3) is 0.545. The number of hydrogen-bond acceptors (Lipinski definition) is 10. The molecule has 2 aliphatic rings. The molecule has 0 aliphatic carbocycles. The highest BCUT2D eigenvalue weighted by Gasteiger charge is 2.42. The van der Waals surface area contributed by atoms with Gasteiger partial charge in [0.2, 0.25) is 35.4 Å². The van der Waals surface area contributed by atoms with Crippen molar-refractivity contribution < 1.29 is 53.7 Å². The number of carboxylic acid groups (broad SMARTS) is 2. The minimum atomic E-state index is -1.42. The number of carbonyl (C=O) groups excluding carboxylic acids is 6. The average Bonchev–Trinajstić information content (AvgIpc) is 3.94. The van der Waals surface area contributed by atoms with Crippen LogP contribution in [-0.2, 0) is 51.2 Å². The van der Waals surface area contributed by atoms with Crippen LogP contribution >= 0.6 is 0 Å². The summed E-state index contributed by atoms with van der Waals surface area (Å²) in [5, 5.41) is 39.5. The lowest BCUT2D eigenvalue weighted by Gasteiger charge is -2.32. The van der Waals surface area contributed by atoms with Crippen molar-refractivity contribution >= 4 is 47.4 Å². The molecule has 0 radical (unpaired) electrons. The molecule has 18 nitrogen and oxygen atoms in total. The zero-order valence-corrected chi connectivity index (χ0v) is 35.7. The highest BCUT2D eigenvalue weighted by Crippen LogP contribution is 2.23. The lowest BCUT2D eigenvalue weighted by atomic mass is 9.98. The summed E-state index contributed by atoms with van der Waals surface area (Å²) < 4.78 is 0. The Hall–Kier alpha value is -6.04. The number of hydrogen-bond donors (Lipinski definition) is 8. The maximum absolute atomic E-state index is 14.2. The highest BCUT2D eigenvalue weighted by molar-refractivity contribution is 5.97. The molecule has 9 N–H and O–H groups in total. The highest BCUT2D eigenvalue weighted by atomic mass is 16.4. The van der Waals surface area contributed by atoms with Gasteiger partial charge in [0.25, 0.3) is 0 Å². The first-order valence-electron chi connectivity index (χ1n) is 21.3. The molecule has 8 atom stereocenters. The number of nitrogens with zero attached hydrogens (tertiary/aromatic N) is 2. The van der Waals surface area contributed by atoms with Gasteiger partial charge in [-0.05, 0) is 73.6 Å². The number of rotatable bonds is 21. The summed E-state index contributed by atoms with van der Waals surface area (Å²) in [6, 6.07) is 7.09. The van der Waals surface area contributed by atoms with Gasteiger partial charge >= 0.3 is 11.9 Å². The third-order valence-corrected chi connectivity index (χ3v) is 11.6. The Balaban J connectivity index is 1.51. The average molecular weight is 864 g/mol. The molecule has 0 bridgehead atoms. The normalized spacial score (nSPS) is 19.1. The van der Waals surface area contributed by atoms with Gasteiger partial charge in [-0.1, -0.05) is 76.6 Å². The van der Waals surface area contributed by atoms with Crippen molar-refractivity contribution in [2.24, 2.45) is 17.6 Å². The quantitative estimate of drug-likeness (QED) is 0.0876. The number of phenolic OH excluding ortho intramolecular Hbond substituents is 1. The Labute approximate surface area is 361 Å². The standard InChI is InChI=1S/C44H61N7O11/c1-5-26(4)37(44(61)62)49-40(57)34-14-10-22-51(34)43(60)31(19-20-35(53)54)46-41(58)36(25(2)3)48-38(55)32(24-27-11-7-6-8-12-27)47-39(56)33-13-9-21-50(33)42(59)30(45)23-28-15-17-29(52)18-16-28/h6-8,11-12,15-18,25-26,30-34,36-37,52H,5,9-10,13-14,19-24,45H2,1-4H3,(H,46,58)(H,47,56)(H,48,55)(H,49,57)(H,53,54)(H,61,62)/t26-,30+,31-,32-,33-,34-,36+,37-/m0/s1. The number of carbonyl (C=O) groups is 8.